The van der Waals surface area contributed by atoms with Crippen LogP contribution in [0.3, 0.4) is 0 Å². The second kappa shape index (κ2) is 17.4. The third kappa shape index (κ3) is 10.9. The molecule has 9 nitrogen and oxygen atoms in total. The molecule has 0 aliphatic rings. The molecule has 0 amide bonds. The summed E-state index contributed by atoms with van der Waals surface area (Å²) in [5, 5.41) is 1.32. The Kier molecular flexibility index (Phi) is 12.7. The van der Waals surface area contributed by atoms with Gasteiger partial charge in [-0.2, -0.15) is 8.78 Å². The molecular formula is C38H34F2O9. The van der Waals surface area contributed by atoms with E-state index in [2.05, 4.69) is 17.9 Å². The van der Waals surface area contributed by atoms with Crippen molar-refractivity contribution in [2.24, 2.45) is 0 Å². The van der Waals surface area contributed by atoms with E-state index in [0.717, 1.165) is 19.3 Å². The minimum atomic E-state index is -1.21. The zero-order valence-corrected chi connectivity index (χ0v) is 26.8. The Morgan fingerprint density at radius 3 is 1.98 bits per heavy atom. The standard InChI is InChI=1S/C38H34F2O9/c1-4-26-22-33(49-37(43)29-11-10-28-23-32(13-12-27(28)21-29)48-36(42)24(2)39)18-19-34(26)38(44)47-31-16-14-30(15-17-31)45-20-8-6-5-7-9-35(41)46-25(3)40/h10-19,21-23H,2-9,20H2,1H3. The number of benzene rings is 4. The quantitative estimate of drug-likeness (QED) is 0.0380. The number of unbranched alkanes of at least 4 members (excludes halogenated alkanes) is 3. The monoisotopic (exact) mass is 672 g/mol. The lowest BCUT2D eigenvalue weighted by molar-refractivity contribution is -0.141. The summed E-state index contributed by atoms with van der Waals surface area (Å²) in [6, 6.07) is 19.6. The average Bonchev–Trinajstić information content (AvgIpc) is 3.07. The van der Waals surface area contributed by atoms with Crippen molar-refractivity contribution in [3.05, 3.63) is 121 Å². The number of aryl methyl sites for hydroxylation is 1. The maximum absolute atomic E-state index is 13.0. The van der Waals surface area contributed by atoms with E-state index >= 15 is 0 Å². The minimum absolute atomic E-state index is 0.127. The third-order valence-corrected chi connectivity index (χ3v) is 7.17. The van der Waals surface area contributed by atoms with Crippen LogP contribution >= 0.6 is 0 Å². The number of fused-ring (bicyclic) bond motifs is 1. The number of carbonyl (C=O) groups excluding carboxylic acids is 4. The normalized spacial score (nSPS) is 10.6. The number of hydrogen-bond acceptors (Lipinski definition) is 9. The Balaban J connectivity index is 1.27. The van der Waals surface area contributed by atoms with Gasteiger partial charge < -0.3 is 23.7 Å². The van der Waals surface area contributed by atoms with Crippen molar-refractivity contribution >= 4 is 34.6 Å². The molecule has 4 rings (SSSR count). The Bertz CT molecular complexity index is 1870. The molecule has 0 bridgehead atoms. The Labute approximate surface area is 281 Å². The highest BCUT2D eigenvalue weighted by molar-refractivity contribution is 5.97. The van der Waals surface area contributed by atoms with E-state index in [0.29, 0.717) is 52.8 Å². The van der Waals surface area contributed by atoms with Crippen molar-refractivity contribution in [3.63, 3.8) is 0 Å². The van der Waals surface area contributed by atoms with Gasteiger partial charge in [0.2, 0.25) is 5.83 Å². The fourth-order valence-corrected chi connectivity index (χ4v) is 4.72. The highest BCUT2D eigenvalue weighted by atomic mass is 19.1. The van der Waals surface area contributed by atoms with Gasteiger partial charge in [-0.25, -0.2) is 14.4 Å². The largest absolute Gasteiger partial charge is 0.494 e. The number of carbonyl (C=O) groups is 4. The number of esters is 4. The molecule has 0 fully saturated rings. The minimum Gasteiger partial charge on any atom is -0.494 e. The van der Waals surface area contributed by atoms with Gasteiger partial charge in [-0.05, 0) is 109 Å². The Hall–Kier alpha value is -5.84. The molecule has 0 saturated carbocycles. The number of rotatable bonds is 16. The van der Waals surface area contributed by atoms with E-state index in [9.17, 15) is 28.0 Å². The van der Waals surface area contributed by atoms with Gasteiger partial charge >= 0.3 is 23.9 Å². The van der Waals surface area contributed by atoms with Crippen molar-refractivity contribution in [2.75, 3.05) is 6.61 Å². The smallest absolute Gasteiger partial charge is 0.371 e. The summed E-state index contributed by atoms with van der Waals surface area (Å²) >= 11 is 0. The number of halogens is 2. The summed E-state index contributed by atoms with van der Waals surface area (Å²) < 4.78 is 51.4. The molecule has 0 heterocycles. The van der Waals surface area contributed by atoms with Gasteiger partial charge in [0.1, 0.15) is 23.0 Å². The maximum Gasteiger partial charge on any atom is 0.371 e. The summed E-state index contributed by atoms with van der Waals surface area (Å²) in [6.45, 7) is 8.12. The molecule has 0 atom stereocenters. The van der Waals surface area contributed by atoms with Crippen LogP contribution in [0.2, 0.25) is 0 Å². The molecule has 49 heavy (non-hydrogen) atoms. The molecule has 0 spiro atoms. The Morgan fingerprint density at radius 1 is 0.653 bits per heavy atom. The maximum atomic E-state index is 13.0. The van der Waals surface area contributed by atoms with Crippen LogP contribution in [0.15, 0.2) is 104 Å². The molecule has 0 unspecified atom stereocenters. The summed E-state index contributed by atoms with van der Waals surface area (Å²) in [5.41, 5.74) is 1.21. The fraction of sp³-hybridized carbons (Fsp3) is 0.211. The molecule has 4 aromatic carbocycles. The molecular weight excluding hydrogens is 638 g/mol. The second-order valence-electron chi connectivity index (χ2n) is 10.8. The van der Waals surface area contributed by atoms with Gasteiger partial charge in [-0.3, -0.25) is 4.79 Å². The van der Waals surface area contributed by atoms with E-state index in [1.54, 1.807) is 54.6 Å². The van der Waals surface area contributed by atoms with Crippen molar-refractivity contribution < 1.29 is 51.6 Å². The van der Waals surface area contributed by atoms with Gasteiger partial charge in [0, 0.05) is 6.42 Å². The van der Waals surface area contributed by atoms with E-state index in [4.69, 9.17) is 18.9 Å². The van der Waals surface area contributed by atoms with Gasteiger partial charge in [0.15, 0.2) is 0 Å². The first-order valence-corrected chi connectivity index (χ1v) is 15.5. The molecule has 254 valence electrons. The summed E-state index contributed by atoms with van der Waals surface area (Å²) in [4.78, 5) is 48.7. The fourth-order valence-electron chi connectivity index (χ4n) is 4.72. The van der Waals surface area contributed by atoms with E-state index in [-0.39, 0.29) is 23.5 Å². The van der Waals surface area contributed by atoms with Crippen LogP contribution in [-0.4, -0.2) is 30.5 Å². The molecule has 0 saturated heterocycles. The van der Waals surface area contributed by atoms with Gasteiger partial charge in [0.05, 0.1) is 17.7 Å². The highest BCUT2D eigenvalue weighted by Crippen LogP contribution is 2.26. The van der Waals surface area contributed by atoms with Crippen LogP contribution in [0.25, 0.3) is 10.8 Å². The lowest BCUT2D eigenvalue weighted by Crippen LogP contribution is -2.13. The molecule has 0 N–H and O–H groups in total. The van der Waals surface area contributed by atoms with Crippen LogP contribution < -0.4 is 18.9 Å². The zero-order valence-electron chi connectivity index (χ0n) is 26.8. The van der Waals surface area contributed by atoms with Crippen LogP contribution in [0.5, 0.6) is 23.0 Å². The molecule has 0 aliphatic heterocycles. The second-order valence-corrected chi connectivity index (χ2v) is 10.8. The molecule has 11 heteroatoms. The predicted molar refractivity (Wildman–Crippen MR) is 177 cm³/mol. The number of hydrogen-bond donors (Lipinski definition) is 0. The van der Waals surface area contributed by atoms with Gasteiger partial charge in [-0.15, -0.1) is 0 Å². The topological polar surface area (TPSA) is 114 Å². The van der Waals surface area contributed by atoms with E-state index < -0.39 is 35.7 Å². The van der Waals surface area contributed by atoms with Crippen LogP contribution in [-0.2, 0) is 20.7 Å². The highest BCUT2D eigenvalue weighted by Gasteiger charge is 2.17. The first-order chi connectivity index (χ1) is 23.5. The summed E-state index contributed by atoms with van der Waals surface area (Å²) in [7, 11) is 0. The molecule has 0 radical (unpaired) electrons. The van der Waals surface area contributed by atoms with Crippen LogP contribution in [0.4, 0.5) is 8.78 Å². The molecule has 4 aromatic rings. The van der Waals surface area contributed by atoms with Crippen LogP contribution in [0.1, 0.15) is 65.3 Å². The lowest BCUT2D eigenvalue weighted by Gasteiger charge is -2.12. The zero-order chi connectivity index (χ0) is 35.3. The average molecular weight is 673 g/mol. The van der Waals surface area contributed by atoms with Crippen molar-refractivity contribution in [3.8, 4) is 23.0 Å². The Morgan fingerprint density at radius 2 is 1.27 bits per heavy atom. The molecule has 0 aliphatic carbocycles. The summed E-state index contributed by atoms with van der Waals surface area (Å²) in [6.07, 6.45) is 3.53. The summed E-state index contributed by atoms with van der Waals surface area (Å²) in [5.74, 6) is -2.91. The third-order valence-electron chi connectivity index (χ3n) is 7.17. The first-order valence-electron chi connectivity index (χ1n) is 15.5. The van der Waals surface area contributed by atoms with Crippen LogP contribution in [0, 0.1) is 0 Å². The van der Waals surface area contributed by atoms with Crippen molar-refractivity contribution in [1.82, 2.24) is 0 Å². The number of ether oxygens (including phenoxy) is 5. The van der Waals surface area contributed by atoms with E-state index in [1.807, 2.05) is 6.92 Å². The van der Waals surface area contributed by atoms with Gasteiger partial charge in [0.25, 0.3) is 6.01 Å². The van der Waals surface area contributed by atoms with Crippen molar-refractivity contribution in [1.29, 1.82) is 0 Å². The van der Waals surface area contributed by atoms with Crippen molar-refractivity contribution in [2.45, 2.75) is 45.4 Å². The van der Waals surface area contributed by atoms with Gasteiger partial charge in [-0.1, -0.05) is 38.5 Å². The SMILES string of the molecule is C=C(F)OC(=O)CCCCCCOc1ccc(OC(=O)c2ccc(OC(=O)c3ccc4cc(OC(=O)C(=C)F)ccc4c3)cc2CC)cc1. The lowest BCUT2D eigenvalue weighted by atomic mass is 10.0. The van der Waals surface area contributed by atoms with E-state index in [1.165, 1.54) is 24.3 Å². The molecule has 0 aromatic heterocycles. The first kappa shape index (κ1) is 36.0. The predicted octanol–water partition coefficient (Wildman–Crippen LogP) is 8.54.